The molecule has 5 heteroatoms. The van der Waals surface area contributed by atoms with E-state index in [9.17, 15) is 9.90 Å². The maximum atomic E-state index is 10.9. The highest BCUT2D eigenvalue weighted by Crippen LogP contribution is 2.25. The lowest BCUT2D eigenvalue weighted by molar-refractivity contribution is -0.234. The fourth-order valence-corrected chi connectivity index (χ4v) is 2.15. The molecule has 0 aliphatic carbocycles. The normalized spacial score (nSPS) is 26.4. The van der Waals surface area contributed by atoms with Gasteiger partial charge in [0.05, 0.1) is 26.9 Å². The second-order valence-electron chi connectivity index (χ2n) is 5.90. The van der Waals surface area contributed by atoms with Crippen LogP contribution in [0.3, 0.4) is 0 Å². The zero-order chi connectivity index (χ0) is 14.8. The molecule has 1 aliphatic heterocycles. The maximum Gasteiger partial charge on any atom is 0.305 e. The van der Waals surface area contributed by atoms with Crippen LogP contribution in [0.4, 0.5) is 0 Å². The Morgan fingerprint density at radius 1 is 1.20 bits per heavy atom. The lowest BCUT2D eigenvalue weighted by Gasteiger charge is -2.36. The van der Waals surface area contributed by atoms with Gasteiger partial charge < -0.3 is 19.3 Å². The fourth-order valence-electron chi connectivity index (χ4n) is 2.15. The maximum absolute atomic E-state index is 10.9. The van der Waals surface area contributed by atoms with E-state index in [4.69, 9.17) is 9.47 Å². The van der Waals surface area contributed by atoms with Crippen LogP contribution < -0.4 is 0 Å². The van der Waals surface area contributed by atoms with Crippen molar-refractivity contribution in [2.45, 2.75) is 58.2 Å². The number of unbranched alkanes of at least 4 members (excludes halogenated alkanes) is 4. The number of aliphatic hydroxyl groups excluding tert-OH is 1. The Morgan fingerprint density at radius 2 is 1.80 bits per heavy atom. The highest BCUT2D eigenvalue weighted by molar-refractivity contribution is 5.68. The molecule has 0 aromatic carbocycles. The van der Waals surface area contributed by atoms with Crippen molar-refractivity contribution in [2.75, 3.05) is 26.9 Å². The molecule has 0 aromatic heterocycles. The summed E-state index contributed by atoms with van der Waals surface area (Å²) in [7, 11) is 1.42. The van der Waals surface area contributed by atoms with Gasteiger partial charge in [0.2, 0.25) is 0 Å². The first kappa shape index (κ1) is 17.4. The third kappa shape index (κ3) is 6.68. The number of carbonyl (C=O) groups excluding carboxylic acids is 1. The number of carbonyl (C=O) groups is 1. The zero-order valence-corrected chi connectivity index (χ0v) is 12.7. The molecule has 1 fully saturated rings. The van der Waals surface area contributed by atoms with E-state index >= 15 is 0 Å². The minimum Gasteiger partial charge on any atom is -0.469 e. The Kier molecular flexibility index (Phi) is 8.11. The van der Waals surface area contributed by atoms with E-state index in [0.717, 1.165) is 38.5 Å². The molecule has 0 atom stereocenters. The molecule has 0 amide bonds. The Morgan fingerprint density at radius 3 is 2.40 bits per heavy atom. The Hall–Kier alpha value is -0.650. The number of ether oxygens (including phenoxy) is 3. The lowest BCUT2D eigenvalue weighted by atomic mass is 9.93. The van der Waals surface area contributed by atoms with Crippen molar-refractivity contribution in [2.24, 2.45) is 5.41 Å². The van der Waals surface area contributed by atoms with Crippen LogP contribution in [-0.4, -0.2) is 44.3 Å². The second kappa shape index (κ2) is 9.32. The summed E-state index contributed by atoms with van der Waals surface area (Å²) in [6.45, 7) is 3.19. The number of hydrogen-bond acceptors (Lipinski definition) is 5. The van der Waals surface area contributed by atoms with E-state index in [0.29, 0.717) is 19.6 Å². The van der Waals surface area contributed by atoms with Crippen molar-refractivity contribution in [3.05, 3.63) is 0 Å². The molecule has 0 spiro atoms. The van der Waals surface area contributed by atoms with Gasteiger partial charge in [0.1, 0.15) is 0 Å². The summed E-state index contributed by atoms with van der Waals surface area (Å²) in [5, 5.41) is 9.20. The average Bonchev–Trinajstić information content (AvgIpc) is 2.48. The molecule has 0 saturated carbocycles. The standard InChI is InChI=1S/C15H28O5/c1-15(10-16)11-19-14(20-12-15)9-7-5-3-4-6-8-13(17)18-2/h14,16H,3-12H2,1-2H3. The first-order valence-corrected chi connectivity index (χ1v) is 7.50. The Labute approximate surface area is 121 Å². The second-order valence-corrected chi connectivity index (χ2v) is 5.90. The molecule has 0 bridgehead atoms. The molecular formula is C15H28O5. The SMILES string of the molecule is COC(=O)CCCCCCCC1OCC(C)(CO)CO1. The van der Waals surface area contributed by atoms with E-state index in [1.54, 1.807) is 0 Å². The third-order valence-electron chi connectivity index (χ3n) is 3.67. The zero-order valence-electron chi connectivity index (χ0n) is 12.7. The minimum atomic E-state index is -0.246. The van der Waals surface area contributed by atoms with Crippen LogP contribution in [-0.2, 0) is 19.0 Å². The molecule has 1 heterocycles. The van der Waals surface area contributed by atoms with Crippen LogP contribution >= 0.6 is 0 Å². The molecule has 1 saturated heterocycles. The van der Waals surface area contributed by atoms with Gasteiger partial charge in [0, 0.05) is 11.8 Å². The summed E-state index contributed by atoms with van der Waals surface area (Å²) < 4.78 is 15.8. The topological polar surface area (TPSA) is 65.0 Å². The Balaban J connectivity index is 1.94. The third-order valence-corrected chi connectivity index (χ3v) is 3.67. The summed E-state index contributed by atoms with van der Waals surface area (Å²) >= 11 is 0. The van der Waals surface area contributed by atoms with E-state index in [1.807, 2.05) is 6.92 Å². The molecule has 0 aromatic rings. The number of esters is 1. The van der Waals surface area contributed by atoms with E-state index in [1.165, 1.54) is 7.11 Å². The fraction of sp³-hybridized carbons (Fsp3) is 0.933. The summed E-state index contributed by atoms with van der Waals surface area (Å²) in [6.07, 6.45) is 6.58. The van der Waals surface area contributed by atoms with Crippen LogP contribution in [0, 0.1) is 5.41 Å². The minimum absolute atomic E-state index is 0.0971. The van der Waals surface area contributed by atoms with Gasteiger partial charge in [-0.05, 0) is 19.3 Å². The van der Waals surface area contributed by atoms with E-state index < -0.39 is 0 Å². The molecule has 1 aliphatic rings. The number of rotatable bonds is 9. The number of aliphatic hydroxyl groups is 1. The monoisotopic (exact) mass is 288 g/mol. The van der Waals surface area contributed by atoms with Crippen LogP contribution in [0.2, 0.25) is 0 Å². The number of methoxy groups -OCH3 is 1. The average molecular weight is 288 g/mol. The van der Waals surface area contributed by atoms with Crippen molar-refractivity contribution in [1.82, 2.24) is 0 Å². The quantitative estimate of drug-likeness (QED) is 0.521. The van der Waals surface area contributed by atoms with E-state index in [-0.39, 0.29) is 24.3 Å². The molecule has 118 valence electrons. The first-order chi connectivity index (χ1) is 9.59. The molecule has 20 heavy (non-hydrogen) atoms. The van der Waals surface area contributed by atoms with Crippen molar-refractivity contribution in [1.29, 1.82) is 0 Å². The number of hydrogen-bond donors (Lipinski definition) is 1. The Bertz CT molecular complexity index is 271. The van der Waals surface area contributed by atoms with Crippen LogP contribution in [0.15, 0.2) is 0 Å². The molecule has 1 N–H and O–H groups in total. The van der Waals surface area contributed by atoms with Crippen LogP contribution in [0.25, 0.3) is 0 Å². The van der Waals surface area contributed by atoms with Crippen molar-refractivity contribution >= 4 is 5.97 Å². The summed E-state index contributed by atoms with van der Waals surface area (Å²) in [6, 6.07) is 0. The highest BCUT2D eigenvalue weighted by Gasteiger charge is 2.31. The molecular weight excluding hydrogens is 260 g/mol. The smallest absolute Gasteiger partial charge is 0.305 e. The van der Waals surface area contributed by atoms with Crippen molar-refractivity contribution in [3.8, 4) is 0 Å². The summed E-state index contributed by atoms with van der Waals surface area (Å²) in [5.74, 6) is -0.124. The molecule has 0 unspecified atom stereocenters. The molecule has 1 rings (SSSR count). The van der Waals surface area contributed by atoms with E-state index in [2.05, 4.69) is 4.74 Å². The van der Waals surface area contributed by atoms with Gasteiger partial charge in [-0.3, -0.25) is 4.79 Å². The van der Waals surface area contributed by atoms with Crippen molar-refractivity contribution < 1.29 is 24.1 Å². The predicted molar refractivity (Wildman–Crippen MR) is 75.2 cm³/mol. The van der Waals surface area contributed by atoms with Gasteiger partial charge in [-0.1, -0.05) is 26.2 Å². The predicted octanol–water partition coefficient (Wildman–Crippen LogP) is 2.26. The van der Waals surface area contributed by atoms with Gasteiger partial charge in [-0.2, -0.15) is 0 Å². The van der Waals surface area contributed by atoms with Gasteiger partial charge in [-0.15, -0.1) is 0 Å². The van der Waals surface area contributed by atoms with Gasteiger partial charge in [-0.25, -0.2) is 0 Å². The van der Waals surface area contributed by atoms with Crippen LogP contribution in [0.1, 0.15) is 51.9 Å². The molecule has 5 nitrogen and oxygen atoms in total. The van der Waals surface area contributed by atoms with Crippen LogP contribution in [0.5, 0.6) is 0 Å². The van der Waals surface area contributed by atoms with Crippen molar-refractivity contribution in [3.63, 3.8) is 0 Å². The van der Waals surface area contributed by atoms with Gasteiger partial charge in [0.25, 0.3) is 0 Å². The van der Waals surface area contributed by atoms with Gasteiger partial charge >= 0.3 is 5.97 Å². The summed E-state index contributed by atoms with van der Waals surface area (Å²) in [4.78, 5) is 10.9. The largest absolute Gasteiger partial charge is 0.469 e. The lowest BCUT2D eigenvalue weighted by Crippen LogP contribution is -2.42. The summed E-state index contributed by atoms with van der Waals surface area (Å²) in [5.41, 5.74) is -0.246. The first-order valence-electron chi connectivity index (χ1n) is 7.50. The highest BCUT2D eigenvalue weighted by atomic mass is 16.7. The molecule has 0 radical (unpaired) electrons. The van der Waals surface area contributed by atoms with Gasteiger partial charge in [0.15, 0.2) is 6.29 Å².